The fourth-order valence-corrected chi connectivity index (χ4v) is 3.32. The smallest absolute Gasteiger partial charge is 0.175 e. The molecule has 0 aromatic carbocycles. The third-order valence-corrected chi connectivity index (χ3v) is 4.60. The van der Waals surface area contributed by atoms with Gasteiger partial charge in [-0.05, 0) is 28.8 Å². The predicted molar refractivity (Wildman–Crippen MR) is 68.1 cm³/mol. The van der Waals surface area contributed by atoms with E-state index in [2.05, 4.69) is 20.9 Å². The highest BCUT2D eigenvalue weighted by atomic mass is 79.9. The molecule has 18 heavy (non-hydrogen) atoms. The van der Waals surface area contributed by atoms with Crippen molar-refractivity contribution in [2.75, 3.05) is 0 Å². The normalized spacial score (nSPS) is 28.4. The minimum absolute atomic E-state index is 0.165. The van der Waals surface area contributed by atoms with Crippen molar-refractivity contribution in [2.24, 2.45) is 21.7 Å². The minimum Gasteiger partial charge on any atom is -0.371 e. The van der Waals surface area contributed by atoms with Crippen LogP contribution in [0.5, 0.6) is 0 Å². The summed E-state index contributed by atoms with van der Waals surface area (Å²) in [6.45, 7) is 3.58. The van der Waals surface area contributed by atoms with Gasteiger partial charge in [0, 0.05) is 5.41 Å². The van der Waals surface area contributed by atoms with E-state index >= 15 is 0 Å². The lowest BCUT2D eigenvalue weighted by Crippen LogP contribution is -2.55. The molecule has 94 valence electrons. The molecule has 0 radical (unpaired) electrons. The molecule has 2 atom stereocenters. The van der Waals surface area contributed by atoms with Crippen molar-refractivity contribution in [1.29, 1.82) is 15.8 Å². The van der Waals surface area contributed by atoms with E-state index in [1.54, 1.807) is 13.8 Å². The standard InChI is InChI=1S/C12H13BrN4O/c1-3-11(4-2)10(18)17-9(13)8(5-14)12(11,6-15)7-16/h8,10,18H,3-4H2,1-2H3/t8?,10-/m1/s1. The van der Waals surface area contributed by atoms with Gasteiger partial charge < -0.3 is 5.11 Å². The average molecular weight is 309 g/mol. The number of aliphatic hydroxyl groups is 1. The average Bonchev–Trinajstić information content (AvgIpc) is 2.38. The monoisotopic (exact) mass is 308 g/mol. The predicted octanol–water partition coefficient (Wildman–Crippen LogP) is 2.09. The van der Waals surface area contributed by atoms with E-state index in [1.807, 2.05) is 18.2 Å². The Kier molecular flexibility index (Phi) is 4.12. The van der Waals surface area contributed by atoms with Gasteiger partial charge in [-0.2, -0.15) is 15.8 Å². The summed E-state index contributed by atoms with van der Waals surface area (Å²) in [7, 11) is 0. The molecule has 0 saturated heterocycles. The summed E-state index contributed by atoms with van der Waals surface area (Å²) in [4.78, 5) is 3.99. The van der Waals surface area contributed by atoms with Gasteiger partial charge in [0.05, 0.1) is 18.2 Å². The number of nitrogens with zero attached hydrogens (tertiary/aromatic N) is 4. The fraction of sp³-hybridized carbons (Fsp3) is 0.667. The van der Waals surface area contributed by atoms with E-state index in [1.165, 1.54) is 0 Å². The number of aliphatic imine (C=N–C) groups is 1. The lowest BCUT2D eigenvalue weighted by Gasteiger charge is -2.47. The number of aliphatic hydroxyl groups excluding tert-OH is 1. The molecule has 0 aliphatic carbocycles. The van der Waals surface area contributed by atoms with Crippen molar-refractivity contribution < 1.29 is 5.11 Å². The van der Waals surface area contributed by atoms with Crippen LogP contribution in [-0.4, -0.2) is 16.0 Å². The highest BCUT2D eigenvalue weighted by molar-refractivity contribution is 9.18. The van der Waals surface area contributed by atoms with Gasteiger partial charge in [0.1, 0.15) is 10.5 Å². The van der Waals surface area contributed by atoms with Gasteiger partial charge in [0.15, 0.2) is 11.6 Å². The molecule has 0 amide bonds. The molecule has 0 spiro atoms. The molecule has 0 bridgehead atoms. The van der Waals surface area contributed by atoms with Crippen LogP contribution in [0.4, 0.5) is 0 Å². The molecule has 1 unspecified atom stereocenters. The van der Waals surface area contributed by atoms with Crippen LogP contribution < -0.4 is 0 Å². The van der Waals surface area contributed by atoms with Crippen LogP contribution >= 0.6 is 15.9 Å². The van der Waals surface area contributed by atoms with E-state index in [-0.39, 0.29) is 4.62 Å². The van der Waals surface area contributed by atoms with Crippen molar-refractivity contribution in [3.8, 4) is 18.2 Å². The second kappa shape index (κ2) is 5.06. The fourth-order valence-electron chi connectivity index (χ4n) is 2.68. The summed E-state index contributed by atoms with van der Waals surface area (Å²) in [6.07, 6.45) is -0.368. The largest absolute Gasteiger partial charge is 0.371 e. The summed E-state index contributed by atoms with van der Waals surface area (Å²) in [5.74, 6) is -0.976. The Balaban J connectivity index is 3.67. The zero-order chi connectivity index (χ0) is 14.0. The maximum atomic E-state index is 10.2. The topological polar surface area (TPSA) is 104 Å². The summed E-state index contributed by atoms with van der Waals surface area (Å²) in [5, 5.41) is 38.3. The van der Waals surface area contributed by atoms with Gasteiger partial charge in [-0.15, -0.1) is 0 Å². The molecule has 0 aromatic rings. The van der Waals surface area contributed by atoms with E-state index in [4.69, 9.17) is 0 Å². The van der Waals surface area contributed by atoms with Gasteiger partial charge in [-0.25, -0.2) is 4.99 Å². The molecule has 1 heterocycles. The molecule has 5 nitrogen and oxygen atoms in total. The van der Waals surface area contributed by atoms with E-state index in [0.717, 1.165) is 0 Å². The van der Waals surface area contributed by atoms with Crippen molar-refractivity contribution in [2.45, 2.75) is 32.9 Å². The van der Waals surface area contributed by atoms with Crippen LogP contribution in [0.25, 0.3) is 0 Å². The third kappa shape index (κ3) is 1.56. The van der Waals surface area contributed by atoms with Gasteiger partial charge >= 0.3 is 0 Å². The zero-order valence-electron chi connectivity index (χ0n) is 10.2. The molecule has 1 rings (SSSR count). The molecule has 1 N–H and O–H groups in total. The van der Waals surface area contributed by atoms with E-state index < -0.39 is 23.0 Å². The highest BCUT2D eigenvalue weighted by Crippen LogP contribution is 2.55. The van der Waals surface area contributed by atoms with Crippen LogP contribution in [0.1, 0.15) is 26.7 Å². The zero-order valence-corrected chi connectivity index (χ0v) is 11.8. The first-order valence-corrected chi connectivity index (χ1v) is 6.42. The maximum Gasteiger partial charge on any atom is 0.175 e. The molecule has 1 aliphatic heterocycles. The molecule has 0 fully saturated rings. The highest BCUT2D eigenvalue weighted by Gasteiger charge is 2.63. The van der Waals surface area contributed by atoms with Crippen LogP contribution in [0.3, 0.4) is 0 Å². The number of nitriles is 3. The van der Waals surface area contributed by atoms with Crippen LogP contribution in [0, 0.1) is 50.7 Å². The Hall–Kier alpha value is -1.42. The van der Waals surface area contributed by atoms with Gasteiger partial charge in [0.25, 0.3) is 0 Å². The van der Waals surface area contributed by atoms with Crippen LogP contribution in [-0.2, 0) is 0 Å². The van der Waals surface area contributed by atoms with Crippen molar-refractivity contribution in [3.63, 3.8) is 0 Å². The Bertz CT molecular complexity index is 476. The van der Waals surface area contributed by atoms with E-state index in [0.29, 0.717) is 12.8 Å². The van der Waals surface area contributed by atoms with Crippen molar-refractivity contribution in [3.05, 3.63) is 0 Å². The second-order valence-corrected chi connectivity index (χ2v) is 5.09. The summed E-state index contributed by atoms with van der Waals surface area (Å²) < 4.78 is 0.165. The number of halogens is 1. The van der Waals surface area contributed by atoms with E-state index in [9.17, 15) is 20.9 Å². The Morgan fingerprint density at radius 2 is 1.78 bits per heavy atom. The number of rotatable bonds is 2. The third-order valence-electron chi connectivity index (χ3n) is 3.94. The van der Waals surface area contributed by atoms with Crippen LogP contribution in [0.15, 0.2) is 4.99 Å². The minimum atomic E-state index is -1.59. The molecule has 1 aliphatic rings. The van der Waals surface area contributed by atoms with Gasteiger partial charge in [-0.1, -0.05) is 13.8 Å². The second-order valence-electron chi connectivity index (χ2n) is 4.28. The first-order chi connectivity index (χ1) is 8.49. The van der Waals surface area contributed by atoms with Gasteiger partial charge in [0.2, 0.25) is 0 Å². The maximum absolute atomic E-state index is 10.2. The lowest BCUT2D eigenvalue weighted by molar-refractivity contribution is -0.0462. The van der Waals surface area contributed by atoms with Crippen molar-refractivity contribution >= 4 is 20.6 Å². The number of hydrogen-bond acceptors (Lipinski definition) is 5. The number of hydrogen-bond donors (Lipinski definition) is 1. The van der Waals surface area contributed by atoms with Gasteiger partial charge in [-0.3, -0.25) is 0 Å². The summed E-state index contributed by atoms with van der Waals surface area (Å²) in [5.41, 5.74) is -2.61. The first kappa shape index (κ1) is 14.6. The molecule has 6 heteroatoms. The Labute approximate surface area is 114 Å². The van der Waals surface area contributed by atoms with Crippen molar-refractivity contribution in [1.82, 2.24) is 0 Å². The van der Waals surface area contributed by atoms with Crippen LogP contribution in [0.2, 0.25) is 0 Å². The molecular weight excluding hydrogens is 296 g/mol. The quantitative estimate of drug-likeness (QED) is 0.843. The SMILES string of the molecule is CCC1(CC)[C@@H](O)N=C(Br)C(C#N)C1(C#N)C#N. The first-order valence-electron chi connectivity index (χ1n) is 5.63. The molecular formula is C12H13BrN4O. The summed E-state index contributed by atoms with van der Waals surface area (Å²) >= 11 is 3.09. The Morgan fingerprint density at radius 1 is 1.28 bits per heavy atom. The molecule has 0 aromatic heterocycles. The summed E-state index contributed by atoms with van der Waals surface area (Å²) in [6, 6.07) is 5.89. The molecule has 0 saturated carbocycles. The Morgan fingerprint density at radius 3 is 2.11 bits per heavy atom. The lowest BCUT2D eigenvalue weighted by atomic mass is 9.54.